The number of hydrogen-bond acceptors (Lipinski definition) is 14. The molecule has 1 aliphatic carbocycles. The molecule has 20 heteroatoms. The highest BCUT2D eigenvalue weighted by molar-refractivity contribution is 7.90. The number of pyridine rings is 1. The number of nitrogens with zero attached hydrogens (tertiary/aromatic N) is 4. The highest BCUT2D eigenvalue weighted by atomic mass is 32.2. The predicted molar refractivity (Wildman–Crippen MR) is 257 cm³/mol. The Hall–Kier alpha value is -6.45. The summed E-state index contributed by atoms with van der Waals surface area (Å²) < 4.78 is 74.8. The number of nitro groups is 1. The number of hydrogen-bond donors (Lipinski definition) is 4. The number of fused-ring (bicyclic) bond motifs is 1. The molecule has 0 radical (unpaired) electrons. The van der Waals surface area contributed by atoms with E-state index >= 15 is 0 Å². The van der Waals surface area contributed by atoms with Crippen LogP contribution in [0.15, 0.2) is 101 Å². The van der Waals surface area contributed by atoms with Crippen molar-refractivity contribution < 1.29 is 41.1 Å². The van der Waals surface area contributed by atoms with Crippen molar-refractivity contribution >= 4 is 72.3 Å². The lowest BCUT2D eigenvalue weighted by Crippen LogP contribution is -2.47. The first-order chi connectivity index (χ1) is 32.7. The number of H-pyrrole nitrogens is 1. The van der Waals surface area contributed by atoms with Gasteiger partial charge < -0.3 is 34.7 Å². The molecule has 1 atom stereocenters. The third-order valence-electron chi connectivity index (χ3n) is 12.4. The predicted octanol–water partition coefficient (Wildman–Crippen LogP) is 9.08. The molecular formula is C48H50F2N8O8S2. The maximum atomic E-state index is 14.5. The lowest BCUT2D eigenvalue weighted by Gasteiger charge is -2.39. The zero-order valence-corrected chi connectivity index (χ0v) is 39.0. The molecule has 2 fully saturated rings. The minimum Gasteiger partial charge on any atom is -0.455 e. The van der Waals surface area contributed by atoms with E-state index in [1.54, 1.807) is 35.7 Å². The van der Waals surface area contributed by atoms with Crippen LogP contribution in [0.5, 0.6) is 11.5 Å². The smallest absolute Gasteiger partial charge is 0.293 e. The van der Waals surface area contributed by atoms with E-state index in [2.05, 4.69) is 49.0 Å². The zero-order chi connectivity index (χ0) is 47.6. The van der Waals surface area contributed by atoms with Gasteiger partial charge in [0, 0.05) is 90.7 Å². The molecule has 1 amide bonds. The fourth-order valence-corrected chi connectivity index (χ4v) is 10.6. The Morgan fingerprint density at radius 3 is 2.63 bits per heavy atom. The van der Waals surface area contributed by atoms with Crippen molar-refractivity contribution in [3.8, 4) is 11.5 Å². The molecule has 3 aliphatic rings. The van der Waals surface area contributed by atoms with Crippen molar-refractivity contribution in [2.45, 2.75) is 44.1 Å². The summed E-state index contributed by atoms with van der Waals surface area (Å²) in [7, 11) is -4.61. The van der Waals surface area contributed by atoms with Gasteiger partial charge in [-0.3, -0.25) is 19.8 Å². The van der Waals surface area contributed by atoms with Crippen LogP contribution < -0.4 is 25.0 Å². The molecule has 3 aromatic carbocycles. The number of ether oxygens (including phenoxy) is 3. The SMILES string of the molecule is CC1(C)CCC(CN2CCN(c3ccc(C(=O)NS(=O)(=O)c4ccc(NCC5COCCO5)c([N+](=O)[O-])c4)c(Oc4cnc5[nH]ccc5c4)c3)CC2)=C(c2cc(Nc3ccc(F)cc3F)cs2)C1. The topological polar surface area (TPSA) is 193 Å². The molecule has 4 N–H and O–H groups in total. The van der Waals surface area contributed by atoms with Gasteiger partial charge >= 0.3 is 0 Å². The third kappa shape index (κ3) is 10.8. The average molecular weight is 969 g/mol. The molecule has 356 valence electrons. The molecule has 16 nitrogen and oxygen atoms in total. The van der Waals surface area contributed by atoms with E-state index < -0.39 is 43.1 Å². The number of allylic oxidation sites excluding steroid dienone is 1. The fraction of sp³-hybridized carbons (Fsp3) is 0.333. The van der Waals surface area contributed by atoms with Crippen molar-refractivity contribution in [2.24, 2.45) is 5.41 Å². The first kappa shape index (κ1) is 46.7. The van der Waals surface area contributed by atoms with Crippen LogP contribution in [0.25, 0.3) is 16.6 Å². The van der Waals surface area contributed by atoms with Gasteiger partial charge in [0.05, 0.1) is 53.2 Å². The van der Waals surface area contributed by atoms with Gasteiger partial charge in [-0.25, -0.2) is 26.9 Å². The van der Waals surface area contributed by atoms with Crippen LogP contribution in [0.2, 0.25) is 0 Å². The number of anilines is 4. The lowest BCUT2D eigenvalue weighted by molar-refractivity contribution is -0.384. The first-order valence-electron chi connectivity index (χ1n) is 22.2. The largest absolute Gasteiger partial charge is 0.455 e. The Bertz CT molecular complexity index is 3000. The average Bonchev–Trinajstić information content (AvgIpc) is 4.00. The first-order valence-corrected chi connectivity index (χ1v) is 24.6. The quantitative estimate of drug-likeness (QED) is 0.0563. The Balaban J connectivity index is 0.913. The highest BCUT2D eigenvalue weighted by Crippen LogP contribution is 2.45. The number of aromatic nitrogens is 2. The van der Waals surface area contributed by atoms with Gasteiger partial charge in [0.25, 0.3) is 21.6 Å². The number of nitro benzene ring substituents is 1. The summed E-state index contributed by atoms with van der Waals surface area (Å²) in [6, 6.07) is 17.4. The number of amides is 1. The second-order valence-electron chi connectivity index (χ2n) is 17.8. The number of carbonyl (C=O) groups excluding carboxylic acids is 1. The van der Waals surface area contributed by atoms with Gasteiger partial charge in [-0.2, -0.15) is 0 Å². The molecule has 0 saturated carbocycles. The molecular weight excluding hydrogens is 919 g/mol. The van der Waals surface area contributed by atoms with Crippen molar-refractivity contribution in [2.75, 3.05) is 74.6 Å². The minimum atomic E-state index is -4.61. The Kier molecular flexibility index (Phi) is 13.5. The van der Waals surface area contributed by atoms with Crippen molar-refractivity contribution in [3.63, 3.8) is 0 Å². The number of carbonyl (C=O) groups is 1. The molecule has 2 saturated heterocycles. The molecule has 6 aromatic rings. The number of rotatable bonds is 15. The minimum absolute atomic E-state index is 0.0814. The summed E-state index contributed by atoms with van der Waals surface area (Å²) in [6.45, 7) is 9.51. The van der Waals surface area contributed by atoms with Crippen molar-refractivity contribution in [1.29, 1.82) is 0 Å². The van der Waals surface area contributed by atoms with Crippen LogP contribution in [0.3, 0.4) is 0 Å². The Labute approximate surface area is 395 Å². The monoisotopic (exact) mass is 968 g/mol. The fourth-order valence-electron chi connectivity index (χ4n) is 8.68. The van der Waals surface area contributed by atoms with E-state index in [4.69, 9.17) is 14.2 Å². The molecule has 9 rings (SSSR count). The zero-order valence-electron chi connectivity index (χ0n) is 37.4. The second-order valence-corrected chi connectivity index (χ2v) is 20.4. The van der Waals surface area contributed by atoms with Gasteiger partial charge in [-0.15, -0.1) is 11.3 Å². The van der Waals surface area contributed by atoms with Crippen LogP contribution in [-0.2, 0) is 19.5 Å². The van der Waals surface area contributed by atoms with Crippen molar-refractivity contribution in [1.82, 2.24) is 19.6 Å². The molecule has 3 aromatic heterocycles. The Morgan fingerprint density at radius 1 is 1.03 bits per heavy atom. The van der Waals surface area contributed by atoms with Crippen LogP contribution in [0.4, 0.5) is 37.2 Å². The standard InChI is InChI=1S/C48H50F2N8O8S2/c1-48(2)11-9-31(39(24-48)45-21-33(29-67-45)54-41-7-3-32(49)20-40(41)50)27-56-13-15-57(16-14-56)34-4-6-38(44(22-34)66-35-19-30-10-12-51-46(30)53-25-35)47(59)55-68(62,63)37-5-8-42(43(23-37)58(60)61)52-26-36-28-64-17-18-65-36/h3-8,10,12,19-23,25,29,36,52,54H,9,11,13-18,24,26-28H2,1-2H3,(H,51,53)(H,55,59). The number of thiophene rings is 1. The van der Waals surface area contributed by atoms with Gasteiger partial charge in [0.1, 0.15) is 34.5 Å². The van der Waals surface area contributed by atoms with Gasteiger partial charge in [0.2, 0.25) is 0 Å². The number of benzene rings is 3. The normalized spacial score (nSPS) is 17.8. The van der Waals surface area contributed by atoms with Crippen molar-refractivity contribution in [3.05, 3.63) is 128 Å². The van der Waals surface area contributed by atoms with E-state index in [9.17, 15) is 32.1 Å². The van der Waals surface area contributed by atoms with E-state index in [1.165, 1.54) is 47.7 Å². The molecule has 2 aliphatic heterocycles. The van der Waals surface area contributed by atoms with Gasteiger partial charge in [0.15, 0.2) is 0 Å². The summed E-state index contributed by atoms with van der Waals surface area (Å²) >= 11 is 1.61. The Morgan fingerprint density at radius 2 is 1.85 bits per heavy atom. The van der Waals surface area contributed by atoms with Crippen LogP contribution >= 0.6 is 11.3 Å². The molecule has 0 spiro atoms. The lowest BCUT2D eigenvalue weighted by atomic mass is 9.74. The number of aromatic amines is 1. The molecule has 68 heavy (non-hydrogen) atoms. The van der Waals surface area contributed by atoms with Gasteiger partial charge in [-0.05, 0) is 84.8 Å². The highest BCUT2D eigenvalue weighted by Gasteiger charge is 2.31. The summed E-state index contributed by atoms with van der Waals surface area (Å²) in [4.78, 5) is 38.0. The number of halogens is 2. The summed E-state index contributed by atoms with van der Waals surface area (Å²) in [6.07, 6.45) is 5.80. The van der Waals surface area contributed by atoms with Gasteiger partial charge in [-0.1, -0.05) is 19.4 Å². The van der Waals surface area contributed by atoms with E-state index in [1.807, 2.05) is 17.5 Å². The van der Waals surface area contributed by atoms with E-state index in [0.29, 0.717) is 44.3 Å². The third-order valence-corrected chi connectivity index (χ3v) is 14.7. The van der Waals surface area contributed by atoms with Crippen LogP contribution in [0.1, 0.15) is 48.3 Å². The second kappa shape index (κ2) is 19.6. The van der Waals surface area contributed by atoms with E-state index in [0.717, 1.165) is 72.7 Å². The number of piperazine rings is 1. The van der Waals surface area contributed by atoms with Crippen LogP contribution in [0, 0.1) is 27.2 Å². The maximum Gasteiger partial charge on any atom is 0.293 e. The maximum absolute atomic E-state index is 14.5. The summed E-state index contributed by atoms with van der Waals surface area (Å²) in [5.41, 5.74) is 4.64. The molecule has 1 unspecified atom stereocenters. The van der Waals surface area contributed by atoms with Crippen LogP contribution in [-0.4, -0.2) is 99.3 Å². The molecule has 0 bridgehead atoms. The number of sulfonamides is 1. The summed E-state index contributed by atoms with van der Waals surface area (Å²) in [5.74, 6) is -1.88. The summed E-state index contributed by atoms with van der Waals surface area (Å²) in [5, 5.41) is 20.8. The van der Waals surface area contributed by atoms with E-state index in [-0.39, 0.29) is 40.8 Å². The number of nitrogens with one attached hydrogen (secondary N) is 4. The molecule has 5 heterocycles.